The number of nitrogens with zero attached hydrogens (tertiary/aromatic N) is 3. The average Bonchev–Trinajstić information content (AvgIpc) is 3.12. The van der Waals surface area contributed by atoms with Crippen molar-refractivity contribution in [1.82, 2.24) is 14.8 Å². The predicted molar refractivity (Wildman–Crippen MR) is 91.0 cm³/mol. The summed E-state index contributed by atoms with van der Waals surface area (Å²) in [5.41, 5.74) is 2.10. The Kier molecular flexibility index (Phi) is 5.14. The van der Waals surface area contributed by atoms with Gasteiger partial charge >= 0.3 is 0 Å². The molecule has 0 spiro atoms. The molecule has 0 aliphatic carbocycles. The first-order chi connectivity index (χ1) is 12.1. The normalized spacial score (nSPS) is 14.4. The first kappa shape index (κ1) is 17.2. The van der Waals surface area contributed by atoms with E-state index in [1.54, 1.807) is 11.9 Å². The third-order valence-electron chi connectivity index (χ3n) is 4.17. The smallest absolute Gasteiger partial charge is 0.276 e. The molecule has 1 saturated heterocycles. The summed E-state index contributed by atoms with van der Waals surface area (Å²) in [4.78, 5) is 32.1. The molecule has 0 N–H and O–H groups in total. The van der Waals surface area contributed by atoms with Crippen LogP contribution >= 0.6 is 0 Å². The minimum absolute atomic E-state index is 0.000961. The lowest BCUT2D eigenvalue weighted by atomic mass is 10.1. The van der Waals surface area contributed by atoms with Gasteiger partial charge in [-0.15, -0.1) is 0 Å². The van der Waals surface area contributed by atoms with Crippen molar-refractivity contribution in [3.63, 3.8) is 0 Å². The van der Waals surface area contributed by atoms with Crippen molar-refractivity contribution in [3.05, 3.63) is 41.9 Å². The predicted octanol–water partition coefficient (Wildman–Crippen LogP) is 1.58. The fourth-order valence-corrected chi connectivity index (χ4v) is 2.68. The zero-order valence-corrected chi connectivity index (χ0v) is 14.4. The molecule has 0 atom stereocenters. The Morgan fingerprint density at radius 3 is 2.56 bits per heavy atom. The Bertz CT molecular complexity index is 748. The van der Waals surface area contributed by atoms with Crippen molar-refractivity contribution < 1.29 is 18.7 Å². The van der Waals surface area contributed by atoms with Gasteiger partial charge in [0.2, 0.25) is 5.91 Å². The SMILES string of the molecule is Cc1ccc(-c2ocnc2C(=O)N(C)CC(=O)N2CCOCC2)cc1. The highest BCUT2D eigenvalue weighted by molar-refractivity contribution is 5.99. The minimum atomic E-state index is -0.342. The molecule has 2 aromatic rings. The van der Waals surface area contributed by atoms with Gasteiger partial charge in [-0.05, 0) is 6.92 Å². The van der Waals surface area contributed by atoms with Crippen molar-refractivity contribution >= 4 is 11.8 Å². The van der Waals surface area contributed by atoms with Gasteiger partial charge in [-0.3, -0.25) is 9.59 Å². The molecule has 1 aliphatic heterocycles. The summed E-state index contributed by atoms with van der Waals surface area (Å²) in [6, 6.07) is 7.65. The summed E-state index contributed by atoms with van der Waals surface area (Å²) >= 11 is 0. The van der Waals surface area contributed by atoms with Crippen LogP contribution in [-0.2, 0) is 9.53 Å². The molecule has 1 aromatic carbocycles. The number of oxazole rings is 1. The van der Waals surface area contributed by atoms with Crippen LogP contribution in [0, 0.1) is 6.92 Å². The van der Waals surface area contributed by atoms with Crippen LogP contribution in [0.1, 0.15) is 16.1 Å². The van der Waals surface area contributed by atoms with Crippen LogP contribution in [0.4, 0.5) is 0 Å². The molecule has 2 heterocycles. The second kappa shape index (κ2) is 7.48. The zero-order valence-electron chi connectivity index (χ0n) is 14.4. The summed E-state index contributed by atoms with van der Waals surface area (Å²) in [7, 11) is 1.59. The van der Waals surface area contributed by atoms with Gasteiger partial charge < -0.3 is 19.0 Å². The van der Waals surface area contributed by atoms with Crippen molar-refractivity contribution in [2.45, 2.75) is 6.92 Å². The van der Waals surface area contributed by atoms with Crippen LogP contribution in [0.15, 0.2) is 35.1 Å². The van der Waals surface area contributed by atoms with E-state index in [9.17, 15) is 9.59 Å². The monoisotopic (exact) mass is 343 g/mol. The molecule has 1 fully saturated rings. The molecule has 0 saturated carbocycles. The first-order valence-electron chi connectivity index (χ1n) is 8.18. The Balaban J connectivity index is 1.71. The summed E-state index contributed by atoms with van der Waals surface area (Å²) in [5.74, 6) is -0.0267. The molecule has 0 unspecified atom stereocenters. The highest BCUT2D eigenvalue weighted by atomic mass is 16.5. The number of ether oxygens (including phenoxy) is 1. The molecule has 25 heavy (non-hydrogen) atoms. The Hall–Kier alpha value is -2.67. The van der Waals surface area contributed by atoms with Gasteiger partial charge in [0, 0.05) is 25.7 Å². The summed E-state index contributed by atoms with van der Waals surface area (Å²) in [6.07, 6.45) is 1.25. The third-order valence-corrected chi connectivity index (χ3v) is 4.17. The van der Waals surface area contributed by atoms with E-state index >= 15 is 0 Å². The lowest BCUT2D eigenvalue weighted by Crippen LogP contribution is -2.46. The van der Waals surface area contributed by atoms with Crippen molar-refractivity contribution in [2.24, 2.45) is 0 Å². The Morgan fingerprint density at radius 1 is 1.20 bits per heavy atom. The number of likely N-dealkylation sites (N-methyl/N-ethyl adjacent to an activating group) is 1. The van der Waals surface area contributed by atoms with Gasteiger partial charge in [-0.25, -0.2) is 4.98 Å². The van der Waals surface area contributed by atoms with Gasteiger partial charge in [-0.1, -0.05) is 29.8 Å². The highest BCUT2D eigenvalue weighted by Crippen LogP contribution is 2.24. The molecule has 1 aliphatic rings. The topological polar surface area (TPSA) is 75.9 Å². The van der Waals surface area contributed by atoms with E-state index in [2.05, 4.69) is 4.98 Å². The second-order valence-corrected chi connectivity index (χ2v) is 6.05. The molecule has 132 valence electrons. The van der Waals surface area contributed by atoms with E-state index < -0.39 is 0 Å². The standard InChI is InChI=1S/C18H21N3O4/c1-13-3-5-14(6-4-13)17-16(19-12-25-17)18(23)20(2)11-15(22)21-7-9-24-10-8-21/h3-6,12H,7-11H2,1-2H3. The molecule has 3 rings (SSSR count). The van der Waals surface area contributed by atoms with E-state index in [-0.39, 0.29) is 24.1 Å². The number of aryl methyl sites for hydroxylation is 1. The fraction of sp³-hybridized carbons (Fsp3) is 0.389. The van der Waals surface area contributed by atoms with Gasteiger partial charge in [0.05, 0.1) is 19.8 Å². The first-order valence-corrected chi connectivity index (χ1v) is 8.18. The quantitative estimate of drug-likeness (QED) is 0.842. The number of hydrogen-bond acceptors (Lipinski definition) is 5. The molecule has 1 aromatic heterocycles. The molecule has 0 radical (unpaired) electrons. The van der Waals surface area contributed by atoms with E-state index in [1.807, 2.05) is 31.2 Å². The van der Waals surface area contributed by atoms with Gasteiger partial charge in [0.1, 0.15) is 0 Å². The van der Waals surface area contributed by atoms with Crippen LogP contribution in [0.3, 0.4) is 0 Å². The molecular weight excluding hydrogens is 322 g/mol. The minimum Gasteiger partial charge on any atom is -0.443 e. The molecule has 0 bridgehead atoms. The second-order valence-electron chi connectivity index (χ2n) is 6.05. The number of aromatic nitrogens is 1. The maximum absolute atomic E-state index is 12.7. The van der Waals surface area contributed by atoms with E-state index in [0.29, 0.717) is 32.1 Å². The molecule has 7 heteroatoms. The number of rotatable bonds is 4. The Morgan fingerprint density at radius 2 is 1.88 bits per heavy atom. The van der Waals surface area contributed by atoms with Crippen molar-refractivity contribution in [3.8, 4) is 11.3 Å². The number of benzene rings is 1. The lowest BCUT2D eigenvalue weighted by molar-refractivity contribution is -0.135. The number of carbonyl (C=O) groups is 2. The highest BCUT2D eigenvalue weighted by Gasteiger charge is 2.25. The number of amides is 2. The average molecular weight is 343 g/mol. The number of morpholine rings is 1. The fourth-order valence-electron chi connectivity index (χ4n) is 2.68. The number of hydrogen-bond donors (Lipinski definition) is 0. The zero-order chi connectivity index (χ0) is 17.8. The number of carbonyl (C=O) groups excluding carboxylic acids is 2. The van der Waals surface area contributed by atoms with E-state index in [0.717, 1.165) is 11.1 Å². The van der Waals surface area contributed by atoms with Crippen LogP contribution in [-0.4, -0.2) is 66.5 Å². The maximum atomic E-state index is 12.7. The largest absolute Gasteiger partial charge is 0.443 e. The lowest BCUT2D eigenvalue weighted by Gasteiger charge is -2.28. The van der Waals surface area contributed by atoms with Crippen molar-refractivity contribution in [2.75, 3.05) is 39.9 Å². The van der Waals surface area contributed by atoms with Crippen LogP contribution in [0.25, 0.3) is 11.3 Å². The maximum Gasteiger partial charge on any atom is 0.276 e. The van der Waals surface area contributed by atoms with Crippen LogP contribution in [0.5, 0.6) is 0 Å². The summed E-state index contributed by atoms with van der Waals surface area (Å²) in [5, 5.41) is 0. The van der Waals surface area contributed by atoms with Gasteiger partial charge in [0.15, 0.2) is 17.8 Å². The molecular formula is C18H21N3O4. The van der Waals surface area contributed by atoms with E-state index in [4.69, 9.17) is 9.15 Å². The summed E-state index contributed by atoms with van der Waals surface area (Å²) < 4.78 is 10.7. The Labute approximate surface area is 146 Å². The van der Waals surface area contributed by atoms with E-state index in [1.165, 1.54) is 11.3 Å². The molecule has 7 nitrogen and oxygen atoms in total. The van der Waals surface area contributed by atoms with Crippen molar-refractivity contribution in [1.29, 1.82) is 0 Å². The van der Waals surface area contributed by atoms with Gasteiger partial charge in [-0.2, -0.15) is 0 Å². The third kappa shape index (κ3) is 3.88. The van der Waals surface area contributed by atoms with Crippen LogP contribution in [0.2, 0.25) is 0 Å². The molecule has 2 amide bonds. The van der Waals surface area contributed by atoms with Gasteiger partial charge in [0.25, 0.3) is 5.91 Å². The van der Waals surface area contributed by atoms with Crippen LogP contribution < -0.4 is 0 Å². The summed E-state index contributed by atoms with van der Waals surface area (Å²) in [6.45, 7) is 4.16.